The lowest BCUT2D eigenvalue weighted by molar-refractivity contribution is -0.119. The first-order valence-corrected chi connectivity index (χ1v) is 8.85. The molecule has 0 saturated carbocycles. The average Bonchev–Trinajstić information content (AvgIpc) is 3.35. The summed E-state index contributed by atoms with van der Waals surface area (Å²) in [5.74, 6) is -0.728. The molecular formula is C18H15N7O3. The maximum absolute atomic E-state index is 12.9. The highest BCUT2D eigenvalue weighted by Gasteiger charge is 2.38. The lowest BCUT2D eigenvalue weighted by atomic mass is 10.1. The van der Waals surface area contributed by atoms with Gasteiger partial charge in [0.2, 0.25) is 5.91 Å². The van der Waals surface area contributed by atoms with Crippen molar-refractivity contribution in [1.29, 1.82) is 0 Å². The number of hydrogen-bond acceptors (Lipinski definition) is 6. The summed E-state index contributed by atoms with van der Waals surface area (Å²) in [6.45, 7) is 0.555. The molecule has 2 N–H and O–H groups in total. The highest BCUT2D eigenvalue weighted by Crippen LogP contribution is 2.30. The molecule has 3 amide bonds. The van der Waals surface area contributed by atoms with Crippen molar-refractivity contribution >= 4 is 34.7 Å². The van der Waals surface area contributed by atoms with E-state index in [0.717, 1.165) is 6.42 Å². The monoisotopic (exact) mass is 377 g/mol. The average molecular weight is 377 g/mol. The molecule has 0 unspecified atom stereocenters. The van der Waals surface area contributed by atoms with Crippen LogP contribution in [0.3, 0.4) is 0 Å². The van der Waals surface area contributed by atoms with Gasteiger partial charge in [0.1, 0.15) is 6.04 Å². The van der Waals surface area contributed by atoms with Crippen molar-refractivity contribution in [2.24, 2.45) is 0 Å². The zero-order valence-corrected chi connectivity index (χ0v) is 14.6. The molecule has 2 aliphatic rings. The summed E-state index contributed by atoms with van der Waals surface area (Å²) < 4.78 is 1.45. The second-order valence-corrected chi connectivity index (χ2v) is 6.76. The number of benzene rings is 1. The Labute approximate surface area is 158 Å². The van der Waals surface area contributed by atoms with Crippen molar-refractivity contribution in [2.45, 2.75) is 18.9 Å². The van der Waals surface area contributed by atoms with Gasteiger partial charge >= 0.3 is 0 Å². The minimum Gasteiger partial charge on any atom is -0.327 e. The smallest absolute Gasteiger partial charge is 0.256 e. The number of aromatic nitrogens is 4. The molecule has 28 heavy (non-hydrogen) atoms. The molecule has 0 bridgehead atoms. The molecule has 0 aliphatic carbocycles. The Morgan fingerprint density at radius 1 is 1.21 bits per heavy atom. The molecule has 1 aromatic carbocycles. The predicted octanol–water partition coefficient (Wildman–Crippen LogP) is 0.933. The molecule has 10 heteroatoms. The number of nitrogens with one attached hydrogen (secondary N) is 2. The molecule has 0 spiro atoms. The molecule has 0 radical (unpaired) electrons. The van der Waals surface area contributed by atoms with E-state index < -0.39 is 6.04 Å². The normalized spacial score (nSPS) is 18.4. The summed E-state index contributed by atoms with van der Waals surface area (Å²) in [5.41, 5.74) is 2.12. The molecule has 10 nitrogen and oxygen atoms in total. The van der Waals surface area contributed by atoms with Crippen molar-refractivity contribution in [3.63, 3.8) is 0 Å². The number of nitrogens with zero attached hydrogens (tertiary/aromatic N) is 5. The maximum atomic E-state index is 12.9. The predicted molar refractivity (Wildman–Crippen MR) is 97.9 cm³/mol. The van der Waals surface area contributed by atoms with Gasteiger partial charge in [0, 0.05) is 24.0 Å². The molecule has 3 aromatic rings. The number of pyridine rings is 1. The maximum Gasteiger partial charge on any atom is 0.256 e. The molecule has 1 saturated heterocycles. The minimum absolute atomic E-state index is 0.170. The number of rotatable bonds is 2. The van der Waals surface area contributed by atoms with Crippen LogP contribution in [0.4, 0.5) is 11.4 Å². The number of carbonyl (C=O) groups excluding carboxylic acids is 3. The van der Waals surface area contributed by atoms with Gasteiger partial charge in [-0.2, -0.15) is 0 Å². The minimum atomic E-state index is -0.429. The first-order chi connectivity index (χ1) is 13.6. The van der Waals surface area contributed by atoms with Gasteiger partial charge in [-0.1, -0.05) is 0 Å². The second kappa shape index (κ2) is 6.12. The third-order valence-electron chi connectivity index (χ3n) is 5.04. The van der Waals surface area contributed by atoms with Crippen LogP contribution < -0.4 is 10.6 Å². The number of carbonyl (C=O) groups is 3. The van der Waals surface area contributed by atoms with Gasteiger partial charge in [0.15, 0.2) is 5.65 Å². The highest BCUT2D eigenvalue weighted by atomic mass is 16.2. The second-order valence-electron chi connectivity index (χ2n) is 6.76. The van der Waals surface area contributed by atoms with Gasteiger partial charge in [0.05, 0.1) is 11.3 Å². The van der Waals surface area contributed by atoms with Crippen LogP contribution >= 0.6 is 0 Å². The third kappa shape index (κ3) is 2.57. The molecular weight excluding hydrogens is 362 g/mol. The summed E-state index contributed by atoms with van der Waals surface area (Å²) in [5, 5.41) is 16.7. The van der Waals surface area contributed by atoms with Crippen LogP contribution in [0.2, 0.25) is 0 Å². The zero-order chi connectivity index (χ0) is 19.3. The van der Waals surface area contributed by atoms with Crippen LogP contribution in [0.5, 0.6) is 0 Å². The number of hydrogen-bond donors (Lipinski definition) is 2. The highest BCUT2D eigenvalue weighted by molar-refractivity contribution is 6.11. The van der Waals surface area contributed by atoms with Crippen LogP contribution in [0.25, 0.3) is 5.65 Å². The summed E-state index contributed by atoms with van der Waals surface area (Å²) in [7, 11) is 0. The Balaban J connectivity index is 1.44. The Morgan fingerprint density at radius 3 is 3.00 bits per heavy atom. The van der Waals surface area contributed by atoms with Gasteiger partial charge in [-0.15, -0.1) is 5.10 Å². The van der Waals surface area contributed by atoms with Gasteiger partial charge in [-0.25, -0.2) is 4.52 Å². The summed E-state index contributed by atoms with van der Waals surface area (Å²) >= 11 is 0. The fourth-order valence-corrected chi connectivity index (χ4v) is 3.65. The van der Waals surface area contributed by atoms with E-state index in [1.165, 1.54) is 4.52 Å². The van der Waals surface area contributed by atoms with Crippen LogP contribution in [0, 0.1) is 0 Å². The Bertz CT molecular complexity index is 1140. The van der Waals surface area contributed by atoms with Crippen molar-refractivity contribution in [3.8, 4) is 0 Å². The Hall–Kier alpha value is -3.82. The lowest BCUT2D eigenvalue weighted by Crippen LogP contribution is -2.40. The van der Waals surface area contributed by atoms with Crippen LogP contribution in [-0.4, -0.2) is 55.2 Å². The van der Waals surface area contributed by atoms with Crippen molar-refractivity contribution in [2.75, 3.05) is 17.2 Å². The van der Waals surface area contributed by atoms with Crippen molar-refractivity contribution < 1.29 is 14.4 Å². The standard InChI is InChI=1S/C18H15N7O3/c26-16(10-5-7-25-15(8-10)21-22-23-25)19-11-3-4-13-12(9-11)18(28)24-6-1-2-14(24)17(27)20-13/h3-5,7-9,14H,1-2,6H2,(H,19,26)(H,20,27)/t14-/m0/s1. The van der Waals surface area contributed by atoms with E-state index in [4.69, 9.17) is 0 Å². The Morgan fingerprint density at radius 2 is 2.11 bits per heavy atom. The first kappa shape index (κ1) is 16.4. The summed E-state index contributed by atoms with van der Waals surface area (Å²) in [4.78, 5) is 39.4. The van der Waals surface area contributed by atoms with Gasteiger partial charge in [-0.3, -0.25) is 14.4 Å². The number of amides is 3. The van der Waals surface area contributed by atoms with E-state index in [1.807, 2.05) is 0 Å². The molecule has 1 fully saturated rings. The van der Waals surface area contributed by atoms with E-state index in [0.29, 0.717) is 41.1 Å². The topological polar surface area (TPSA) is 122 Å². The van der Waals surface area contributed by atoms with Crippen LogP contribution in [0.15, 0.2) is 36.5 Å². The number of anilines is 2. The van der Waals surface area contributed by atoms with Crippen LogP contribution in [0.1, 0.15) is 33.6 Å². The van der Waals surface area contributed by atoms with E-state index in [1.54, 1.807) is 41.4 Å². The first-order valence-electron chi connectivity index (χ1n) is 8.85. The van der Waals surface area contributed by atoms with E-state index in [9.17, 15) is 14.4 Å². The summed E-state index contributed by atoms with van der Waals surface area (Å²) in [6.07, 6.45) is 3.05. The number of fused-ring (bicyclic) bond motifs is 3. The molecule has 1 atom stereocenters. The molecule has 140 valence electrons. The van der Waals surface area contributed by atoms with Gasteiger partial charge in [0.25, 0.3) is 11.8 Å². The Kier molecular flexibility index (Phi) is 3.57. The molecule has 4 heterocycles. The fraction of sp³-hybridized carbons (Fsp3) is 0.222. The number of tetrazole rings is 1. The van der Waals surface area contributed by atoms with E-state index in [2.05, 4.69) is 26.2 Å². The largest absolute Gasteiger partial charge is 0.327 e. The van der Waals surface area contributed by atoms with Gasteiger partial charge in [-0.05, 0) is 53.6 Å². The zero-order valence-electron chi connectivity index (χ0n) is 14.6. The SMILES string of the molecule is O=C(Nc1ccc2c(c1)C(=O)N1CCC[C@H]1C(=O)N2)c1ccn2nnnc2c1. The van der Waals surface area contributed by atoms with Gasteiger partial charge < -0.3 is 15.5 Å². The van der Waals surface area contributed by atoms with E-state index in [-0.39, 0.29) is 17.7 Å². The summed E-state index contributed by atoms with van der Waals surface area (Å²) in [6, 6.07) is 7.61. The van der Waals surface area contributed by atoms with Crippen molar-refractivity contribution in [1.82, 2.24) is 24.9 Å². The quantitative estimate of drug-likeness (QED) is 0.685. The fourth-order valence-electron chi connectivity index (χ4n) is 3.65. The lowest BCUT2D eigenvalue weighted by Gasteiger charge is -2.20. The molecule has 5 rings (SSSR count). The molecule has 2 aliphatic heterocycles. The van der Waals surface area contributed by atoms with Crippen LogP contribution in [-0.2, 0) is 4.79 Å². The third-order valence-corrected chi connectivity index (χ3v) is 5.04. The van der Waals surface area contributed by atoms with E-state index >= 15 is 0 Å². The molecule has 2 aromatic heterocycles. The van der Waals surface area contributed by atoms with Crippen molar-refractivity contribution in [3.05, 3.63) is 47.7 Å².